The number of alkyl carbamates (subject to hydrolysis) is 1. The molecule has 29 heavy (non-hydrogen) atoms. The minimum Gasteiger partial charge on any atom is -0.480 e. The highest BCUT2D eigenvalue weighted by molar-refractivity contribution is 5.80. The van der Waals surface area contributed by atoms with Gasteiger partial charge >= 0.3 is 12.1 Å². The quantitative estimate of drug-likeness (QED) is 0.261. The Bertz CT molecular complexity index is 938. The van der Waals surface area contributed by atoms with Gasteiger partial charge < -0.3 is 26.6 Å². The third-order valence-electron chi connectivity index (χ3n) is 4.84. The van der Waals surface area contributed by atoms with Crippen molar-refractivity contribution >= 4 is 18.0 Å². The van der Waals surface area contributed by atoms with E-state index < -0.39 is 18.1 Å². The molecule has 8 nitrogen and oxygen atoms in total. The molecule has 3 rings (SSSR count). The number of carboxylic acid groups (broad SMARTS) is 1. The Labute approximate surface area is 168 Å². The molecule has 1 unspecified atom stereocenters. The van der Waals surface area contributed by atoms with Crippen LogP contribution in [0, 0.1) is 0 Å². The van der Waals surface area contributed by atoms with Crippen LogP contribution in [0.4, 0.5) is 4.79 Å². The summed E-state index contributed by atoms with van der Waals surface area (Å²) in [4.78, 5) is 27.3. The lowest BCUT2D eigenvalue weighted by Crippen LogP contribution is -2.41. The molecule has 1 aliphatic carbocycles. The molecule has 0 heterocycles. The zero-order chi connectivity index (χ0) is 20.8. The Hall–Kier alpha value is -3.55. The molecule has 152 valence electrons. The minimum absolute atomic E-state index is 0.0539. The molecule has 0 aliphatic heterocycles. The first-order chi connectivity index (χ1) is 14.0. The maximum absolute atomic E-state index is 12.1. The lowest BCUT2D eigenvalue weighted by Gasteiger charge is -2.15. The number of benzene rings is 2. The lowest BCUT2D eigenvalue weighted by molar-refractivity contribution is -0.139. The highest BCUT2D eigenvalue weighted by Crippen LogP contribution is 2.38. The fourth-order valence-corrected chi connectivity index (χ4v) is 3.45. The lowest BCUT2D eigenvalue weighted by atomic mass is 10.0. The van der Waals surface area contributed by atoms with E-state index in [9.17, 15) is 14.7 Å². The molecule has 1 amide bonds. The van der Waals surface area contributed by atoms with Gasteiger partial charge in [0.05, 0.1) is 0 Å². The summed E-state index contributed by atoms with van der Waals surface area (Å²) in [5.41, 5.74) is 16.1. The normalized spacial score (nSPS) is 12.4. The van der Waals surface area contributed by atoms with E-state index in [1.54, 1.807) is 0 Å². The number of nitrogens with two attached hydrogens (primary N) is 2. The van der Waals surface area contributed by atoms with E-state index in [2.05, 4.69) is 28.5 Å². The van der Waals surface area contributed by atoms with Crippen molar-refractivity contribution in [2.75, 3.05) is 6.54 Å². The molecule has 2 aromatic rings. The predicted octanol–water partition coefficient (Wildman–Crippen LogP) is 1.99. The number of carboxylic acids is 1. The fourth-order valence-electron chi connectivity index (χ4n) is 3.45. The second-order valence-corrected chi connectivity index (χ2v) is 6.84. The van der Waals surface area contributed by atoms with E-state index in [0.29, 0.717) is 13.0 Å². The van der Waals surface area contributed by atoms with Gasteiger partial charge in [-0.1, -0.05) is 42.5 Å². The summed E-state index contributed by atoms with van der Waals surface area (Å²) in [6.45, 7) is 0.364. The highest BCUT2D eigenvalue weighted by atomic mass is 16.5. The number of rotatable bonds is 8. The number of aliphatic carboxylic acids is 1. The van der Waals surface area contributed by atoms with E-state index in [1.165, 1.54) is 11.1 Å². The minimum atomic E-state index is -1.14. The van der Waals surface area contributed by atoms with Crippen molar-refractivity contribution in [2.45, 2.75) is 31.9 Å². The summed E-state index contributed by atoms with van der Waals surface area (Å²) in [5.74, 6) is -1.19. The monoisotopic (exact) mass is 396 g/mol. The average molecular weight is 396 g/mol. The topological polar surface area (TPSA) is 140 Å². The summed E-state index contributed by atoms with van der Waals surface area (Å²) >= 11 is 0. The smallest absolute Gasteiger partial charge is 0.408 e. The molecule has 0 fully saturated rings. The Kier molecular flexibility index (Phi) is 6.33. The maximum Gasteiger partial charge on any atom is 0.408 e. The largest absolute Gasteiger partial charge is 0.480 e. The summed E-state index contributed by atoms with van der Waals surface area (Å²) < 4.78 is 5.30. The first-order valence-corrected chi connectivity index (χ1v) is 9.36. The second kappa shape index (κ2) is 9.09. The third kappa shape index (κ3) is 5.04. The first-order valence-electron chi connectivity index (χ1n) is 9.36. The second-order valence-electron chi connectivity index (χ2n) is 6.84. The molecule has 6 N–H and O–H groups in total. The van der Waals surface area contributed by atoms with Gasteiger partial charge in [0.1, 0.15) is 12.6 Å². The number of carbonyl (C=O) groups is 2. The number of hydrogen-bond donors (Lipinski definition) is 4. The SMILES string of the molecule is NC(N)=NCCCC(NC(=O)OCc1cccc2c1Cc1ccccc1-2)C(=O)O. The van der Waals surface area contributed by atoms with E-state index in [1.807, 2.05) is 24.3 Å². The van der Waals surface area contributed by atoms with Gasteiger partial charge in [-0.2, -0.15) is 0 Å². The molecule has 1 aliphatic rings. The zero-order valence-electron chi connectivity index (χ0n) is 15.9. The number of guanidine groups is 1. The summed E-state index contributed by atoms with van der Waals surface area (Å²) in [7, 11) is 0. The number of aliphatic imine (C=N–C) groups is 1. The number of amides is 1. The fraction of sp³-hybridized carbons (Fsp3) is 0.286. The van der Waals surface area contributed by atoms with Gasteiger partial charge in [0.25, 0.3) is 0 Å². The van der Waals surface area contributed by atoms with Gasteiger partial charge in [0, 0.05) is 6.54 Å². The molecule has 0 radical (unpaired) electrons. The van der Waals surface area contributed by atoms with Crippen LogP contribution in [-0.4, -0.2) is 35.7 Å². The van der Waals surface area contributed by atoms with Crippen LogP contribution in [-0.2, 0) is 22.6 Å². The Morgan fingerprint density at radius 3 is 2.66 bits per heavy atom. The van der Waals surface area contributed by atoms with Gasteiger partial charge in [0.15, 0.2) is 5.96 Å². The molecule has 0 spiro atoms. The Balaban J connectivity index is 1.57. The van der Waals surface area contributed by atoms with Gasteiger partial charge in [-0.3, -0.25) is 4.99 Å². The van der Waals surface area contributed by atoms with Gasteiger partial charge in [-0.25, -0.2) is 9.59 Å². The van der Waals surface area contributed by atoms with Crippen molar-refractivity contribution in [2.24, 2.45) is 16.5 Å². The van der Waals surface area contributed by atoms with Gasteiger partial charge in [-0.05, 0) is 47.1 Å². The van der Waals surface area contributed by atoms with Crippen LogP contribution in [0.3, 0.4) is 0 Å². The number of nitrogens with zero attached hydrogens (tertiary/aromatic N) is 1. The molecular formula is C21H24N4O4. The predicted molar refractivity (Wildman–Crippen MR) is 109 cm³/mol. The average Bonchev–Trinajstić information content (AvgIpc) is 3.07. The van der Waals surface area contributed by atoms with Crippen LogP contribution < -0.4 is 16.8 Å². The number of carbonyl (C=O) groups excluding carboxylic acids is 1. The van der Waals surface area contributed by atoms with Crippen LogP contribution in [0.25, 0.3) is 11.1 Å². The number of fused-ring (bicyclic) bond motifs is 3. The molecule has 0 saturated carbocycles. The molecule has 1 atom stereocenters. The van der Waals surface area contributed by atoms with Crippen molar-refractivity contribution in [3.8, 4) is 11.1 Å². The standard InChI is InChI=1S/C21H24N4O4/c22-20(23)24-10-4-9-18(19(26)27)25-21(28)29-12-14-6-3-8-16-15-7-2-1-5-13(15)11-17(14)16/h1-3,5-8,18H,4,9-12H2,(H,25,28)(H,26,27)(H4,22,23,24). The van der Waals surface area contributed by atoms with Gasteiger partial charge in [-0.15, -0.1) is 0 Å². The van der Waals surface area contributed by atoms with Crippen molar-refractivity contribution in [3.05, 3.63) is 59.2 Å². The van der Waals surface area contributed by atoms with Crippen LogP contribution in [0.2, 0.25) is 0 Å². The summed E-state index contributed by atoms with van der Waals surface area (Å²) in [6, 6.07) is 13.0. The van der Waals surface area contributed by atoms with Crippen molar-refractivity contribution < 1.29 is 19.4 Å². The molecule has 2 aromatic carbocycles. The van der Waals surface area contributed by atoms with Crippen LogP contribution >= 0.6 is 0 Å². The summed E-state index contributed by atoms with van der Waals surface area (Å²) in [6.07, 6.45) is 0.624. The third-order valence-corrected chi connectivity index (χ3v) is 4.84. The van der Waals surface area contributed by atoms with E-state index >= 15 is 0 Å². The molecular weight excluding hydrogens is 372 g/mol. The van der Waals surface area contributed by atoms with E-state index in [4.69, 9.17) is 16.2 Å². The number of ether oxygens (including phenoxy) is 1. The highest BCUT2D eigenvalue weighted by Gasteiger charge is 2.23. The van der Waals surface area contributed by atoms with Crippen molar-refractivity contribution in [1.29, 1.82) is 0 Å². The van der Waals surface area contributed by atoms with E-state index in [0.717, 1.165) is 23.1 Å². The van der Waals surface area contributed by atoms with Crippen LogP contribution in [0.1, 0.15) is 29.5 Å². The van der Waals surface area contributed by atoms with Crippen molar-refractivity contribution in [3.63, 3.8) is 0 Å². The van der Waals surface area contributed by atoms with Gasteiger partial charge in [0.2, 0.25) is 0 Å². The number of nitrogens with one attached hydrogen (secondary N) is 1. The van der Waals surface area contributed by atoms with Crippen molar-refractivity contribution in [1.82, 2.24) is 5.32 Å². The van der Waals surface area contributed by atoms with Crippen LogP contribution in [0.15, 0.2) is 47.5 Å². The van der Waals surface area contributed by atoms with Crippen LogP contribution in [0.5, 0.6) is 0 Å². The molecule has 0 bridgehead atoms. The molecule has 0 aromatic heterocycles. The zero-order valence-corrected chi connectivity index (χ0v) is 15.9. The summed E-state index contributed by atoms with van der Waals surface area (Å²) in [5, 5.41) is 11.7. The molecule has 8 heteroatoms. The Morgan fingerprint density at radius 2 is 1.90 bits per heavy atom. The number of hydrogen-bond acceptors (Lipinski definition) is 4. The maximum atomic E-state index is 12.1. The molecule has 0 saturated heterocycles. The Morgan fingerprint density at radius 1 is 1.14 bits per heavy atom. The first kappa shape index (κ1) is 20.2. The van der Waals surface area contributed by atoms with E-state index in [-0.39, 0.29) is 19.0 Å².